The molecule has 0 bridgehead atoms. The highest BCUT2D eigenvalue weighted by Crippen LogP contribution is 2.36. The van der Waals surface area contributed by atoms with Crippen LogP contribution in [0.4, 0.5) is 0 Å². The van der Waals surface area contributed by atoms with Gasteiger partial charge in [0.15, 0.2) is 0 Å². The normalized spacial score (nSPS) is 29.0. The number of rotatable bonds is 5. The lowest BCUT2D eigenvalue weighted by Crippen LogP contribution is -2.29. The molecular weight excluding hydrogens is 272 g/mol. The molecule has 1 rings (SSSR count). The molecule has 124 valence electrons. The minimum atomic E-state index is -0.660. The van der Waals surface area contributed by atoms with E-state index in [0.717, 1.165) is 37.7 Å². The van der Waals surface area contributed by atoms with E-state index in [1.54, 1.807) is 0 Å². The molecule has 0 aliphatic heterocycles. The van der Waals surface area contributed by atoms with Gasteiger partial charge in [0.05, 0.1) is 5.92 Å². The van der Waals surface area contributed by atoms with E-state index >= 15 is 0 Å². The third-order valence-corrected chi connectivity index (χ3v) is 4.87. The largest absolute Gasteiger partial charge is 0.481 e. The first-order chi connectivity index (χ1) is 10.3. The first kappa shape index (κ1) is 18.7. The second kappa shape index (κ2) is 8.97. The highest BCUT2D eigenvalue weighted by molar-refractivity contribution is 5.74. The van der Waals surface area contributed by atoms with Crippen molar-refractivity contribution in [3.05, 3.63) is 34.9 Å². The van der Waals surface area contributed by atoms with E-state index < -0.39 is 5.97 Å². The predicted octanol–water partition coefficient (Wildman–Crippen LogP) is 5.76. The maximum atomic E-state index is 11.9. The van der Waals surface area contributed by atoms with Crippen LogP contribution in [0, 0.1) is 17.8 Å². The van der Waals surface area contributed by atoms with Gasteiger partial charge in [-0.05, 0) is 71.6 Å². The summed E-state index contributed by atoms with van der Waals surface area (Å²) in [6, 6.07) is 0. The molecule has 0 fully saturated rings. The van der Waals surface area contributed by atoms with Crippen molar-refractivity contribution >= 4 is 5.97 Å². The standard InChI is InChI=1S/C20H32O2/c1-14(2)8-6-10-16(4)18-13-12-15(3)9-7-11-17(5)19(18)20(21)22/h8-9,11,16,18-19H,6-7,10,12-13H2,1-5H3,(H,21,22)/b15-9+,17-11-. The molecule has 2 nitrogen and oxygen atoms in total. The fraction of sp³-hybridized carbons (Fsp3) is 0.650. The Morgan fingerprint density at radius 2 is 2.05 bits per heavy atom. The first-order valence-corrected chi connectivity index (χ1v) is 8.51. The van der Waals surface area contributed by atoms with E-state index in [2.05, 4.69) is 45.9 Å². The number of aliphatic carboxylic acids is 1. The van der Waals surface area contributed by atoms with E-state index in [-0.39, 0.29) is 11.8 Å². The van der Waals surface area contributed by atoms with Crippen LogP contribution in [0.3, 0.4) is 0 Å². The van der Waals surface area contributed by atoms with Gasteiger partial charge in [-0.1, -0.05) is 41.9 Å². The summed E-state index contributed by atoms with van der Waals surface area (Å²) in [5, 5.41) is 9.75. The summed E-state index contributed by atoms with van der Waals surface area (Å²) >= 11 is 0. The predicted molar refractivity (Wildman–Crippen MR) is 93.8 cm³/mol. The SMILES string of the molecule is CC(C)=CCCC(C)C1CC/C(C)=C/C/C=C(/C)C1C(=O)O. The average molecular weight is 304 g/mol. The Morgan fingerprint density at radius 3 is 2.64 bits per heavy atom. The van der Waals surface area contributed by atoms with Gasteiger partial charge in [0.25, 0.3) is 0 Å². The third kappa shape index (κ3) is 5.82. The highest BCUT2D eigenvalue weighted by Gasteiger charge is 2.33. The van der Waals surface area contributed by atoms with E-state index in [0.29, 0.717) is 5.92 Å². The molecule has 0 saturated carbocycles. The van der Waals surface area contributed by atoms with Crippen LogP contribution in [0.2, 0.25) is 0 Å². The summed E-state index contributed by atoms with van der Waals surface area (Å²) in [5.41, 5.74) is 3.75. The second-order valence-electron chi connectivity index (χ2n) is 7.09. The number of hydrogen-bond acceptors (Lipinski definition) is 1. The molecule has 1 N–H and O–H groups in total. The summed E-state index contributed by atoms with van der Waals surface area (Å²) in [6.07, 6.45) is 11.6. The Morgan fingerprint density at radius 1 is 1.36 bits per heavy atom. The van der Waals surface area contributed by atoms with Crippen molar-refractivity contribution in [3.63, 3.8) is 0 Å². The molecule has 3 unspecified atom stereocenters. The molecule has 0 aromatic carbocycles. The lowest BCUT2D eigenvalue weighted by molar-refractivity contribution is -0.142. The van der Waals surface area contributed by atoms with Gasteiger partial charge in [0.1, 0.15) is 0 Å². The summed E-state index contributed by atoms with van der Waals surface area (Å²) in [6.45, 7) is 10.6. The van der Waals surface area contributed by atoms with Gasteiger partial charge in [0, 0.05) is 0 Å². The van der Waals surface area contributed by atoms with Gasteiger partial charge in [-0.15, -0.1) is 0 Å². The van der Waals surface area contributed by atoms with Crippen molar-refractivity contribution in [3.8, 4) is 0 Å². The molecule has 1 aliphatic rings. The molecule has 2 heteroatoms. The van der Waals surface area contributed by atoms with Crippen molar-refractivity contribution < 1.29 is 9.90 Å². The smallest absolute Gasteiger partial charge is 0.310 e. The van der Waals surface area contributed by atoms with Crippen molar-refractivity contribution in [2.75, 3.05) is 0 Å². The Kier molecular flexibility index (Phi) is 7.64. The maximum Gasteiger partial charge on any atom is 0.310 e. The molecule has 1 aliphatic carbocycles. The highest BCUT2D eigenvalue weighted by atomic mass is 16.4. The van der Waals surface area contributed by atoms with Crippen LogP contribution < -0.4 is 0 Å². The molecule has 0 aromatic heterocycles. The van der Waals surface area contributed by atoms with Crippen LogP contribution in [0.15, 0.2) is 34.9 Å². The Hall–Kier alpha value is -1.31. The van der Waals surface area contributed by atoms with E-state index in [1.807, 2.05) is 6.92 Å². The summed E-state index contributed by atoms with van der Waals surface area (Å²) in [5.74, 6) is -0.347. The molecule has 3 atom stereocenters. The number of carboxylic acid groups (broad SMARTS) is 1. The van der Waals surface area contributed by atoms with Crippen molar-refractivity contribution in [1.82, 2.24) is 0 Å². The third-order valence-electron chi connectivity index (χ3n) is 4.87. The summed E-state index contributed by atoms with van der Waals surface area (Å²) in [4.78, 5) is 11.9. The molecule has 0 heterocycles. The Balaban J connectivity index is 2.94. The lowest BCUT2D eigenvalue weighted by atomic mass is 9.74. The number of carboxylic acids is 1. The topological polar surface area (TPSA) is 37.3 Å². The zero-order valence-electron chi connectivity index (χ0n) is 14.9. The van der Waals surface area contributed by atoms with Crippen LogP contribution in [-0.4, -0.2) is 11.1 Å². The zero-order valence-corrected chi connectivity index (χ0v) is 14.9. The Labute approximate surface area is 136 Å². The molecule has 0 amide bonds. The van der Waals surface area contributed by atoms with E-state index in [9.17, 15) is 9.90 Å². The average Bonchev–Trinajstić information content (AvgIpc) is 2.48. The van der Waals surface area contributed by atoms with Gasteiger partial charge >= 0.3 is 5.97 Å². The number of hydrogen-bond donors (Lipinski definition) is 1. The maximum absolute atomic E-state index is 11.9. The van der Waals surface area contributed by atoms with Gasteiger partial charge in [-0.3, -0.25) is 4.79 Å². The minimum absolute atomic E-state index is 0.223. The fourth-order valence-corrected chi connectivity index (χ4v) is 3.41. The summed E-state index contributed by atoms with van der Waals surface area (Å²) in [7, 11) is 0. The van der Waals surface area contributed by atoms with Crippen molar-refractivity contribution in [1.29, 1.82) is 0 Å². The van der Waals surface area contributed by atoms with Crippen LogP contribution >= 0.6 is 0 Å². The van der Waals surface area contributed by atoms with Crippen LogP contribution in [-0.2, 0) is 4.79 Å². The first-order valence-electron chi connectivity index (χ1n) is 8.51. The minimum Gasteiger partial charge on any atom is -0.481 e. The van der Waals surface area contributed by atoms with Crippen LogP contribution in [0.5, 0.6) is 0 Å². The molecular formula is C20H32O2. The zero-order chi connectivity index (χ0) is 16.7. The quantitative estimate of drug-likeness (QED) is 0.655. The summed E-state index contributed by atoms with van der Waals surface area (Å²) < 4.78 is 0. The molecule has 0 aromatic rings. The number of carbonyl (C=O) groups is 1. The molecule has 0 saturated heterocycles. The monoisotopic (exact) mass is 304 g/mol. The number of allylic oxidation sites excluding steroid dienone is 5. The van der Waals surface area contributed by atoms with Crippen LogP contribution in [0.25, 0.3) is 0 Å². The van der Waals surface area contributed by atoms with Gasteiger partial charge in [-0.2, -0.15) is 0 Å². The van der Waals surface area contributed by atoms with E-state index in [1.165, 1.54) is 11.1 Å². The lowest BCUT2D eigenvalue weighted by Gasteiger charge is -2.30. The van der Waals surface area contributed by atoms with Crippen molar-refractivity contribution in [2.45, 2.75) is 66.7 Å². The van der Waals surface area contributed by atoms with Crippen molar-refractivity contribution in [2.24, 2.45) is 17.8 Å². The van der Waals surface area contributed by atoms with Gasteiger partial charge in [0.2, 0.25) is 0 Å². The van der Waals surface area contributed by atoms with E-state index in [4.69, 9.17) is 0 Å². The van der Waals surface area contributed by atoms with Gasteiger partial charge < -0.3 is 5.11 Å². The fourth-order valence-electron chi connectivity index (χ4n) is 3.41. The molecule has 0 radical (unpaired) electrons. The Bertz CT molecular complexity index is 464. The molecule has 0 spiro atoms. The van der Waals surface area contributed by atoms with Gasteiger partial charge in [-0.25, -0.2) is 0 Å². The molecule has 22 heavy (non-hydrogen) atoms. The second-order valence-corrected chi connectivity index (χ2v) is 7.09. The van der Waals surface area contributed by atoms with Crippen LogP contribution in [0.1, 0.15) is 66.7 Å².